The lowest BCUT2D eigenvalue weighted by atomic mass is 9.99. The lowest BCUT2D eigenvalue weighted by Gasteiger charge is -2.31. The van der Waals surface area contributed by atoms with E-state index in [9.17, 15) is 0 Å². The average Bonchev–Trinajstić information content (AvgIpc) is 2.06. The fourth-order valence-corrected chi connectivity index (χ4v) is 1.81. The molecule has 1 saturated heterocycles. The second-order valence-corrected chi connectivity index (χ2v) is 3.36. The Hall–Kier alpha value is -0.0800. The second-order valence-electron chi connectivity index (χ2n) is 3.36. The van der Waals surface area contributed by atoms with Crippen molar-refractivity contribution in [3.05, 3.63) is 0 Å². The van der Waals surface area contributed by atoms with Crippen molar-refractivity contribution in [1.29, 1.82) is 0 Å². The van der Waals surface area contributed by atoms with Gasteiger partial charge in [0.2, 0.25) is 0 Å². The van der Waals surface area contributed by atoms with Crippen LogP contribution in [0.3, 0.4) is 0 Å². The van der Waals surface area contributed by atoms with Crippen LogP contribution in [0.2, 0.25) is 0 Å². The first-order valence-corrected chi connectivity index (χ1v) is 4.58. The van der Waals surface area contributed by atoms with Crippen LogP contribution in [0.25, 0.3) is 0 Å². The summed E-state index contributed by atoms with van der Waals surface area (Å²) in [5.74, 6) is 0.786. The summed E-state index contributed by atoms with van der Waals surface area (Å²) in [6.07, 6.45) is 2.70. The highest BCUT2D eigenvalue weighted by Gasteiger charge is 2.17. The number of likely N-dealkylation sites (tertiary alicyclic amines) is 1. The molecular formula is C9H19NO. The summed E-state index contributed by atoms with van der Waals surface area (Å²) in [6, 6.07) is 0. The van der Waals surface area contributed by atoms with Gasteiger partial charge in [0.05, 0.1) is 6.61 Å². The summed E-state index contributed by atoms with van der Waals surface area (Å²) in [4.78, 5) is 2.51. The van der Waals surface area contributed by atoms with Gasteiger partial charge in [0, 0.05) is 13.7 Å². The Balaban J connectivity index is 2.21. The van der Waals surface area contributed by atoms with E-state index < -0.39 is 0 Å². The number of hydrogen-bond acceptors (Lipinski definition) is 2. The summed E-state index contributed by atoms with van der Waals surface area (Å²) >= 11 is 0. The molecule has 0 N–H and O–H groups in total. The van der Waals surface area contributed by atoms with Crippen LogP contribution in [0.15, 0.2) is 0 Å². The maximum absolute atomic E-state index is 5.15. The minimum absolute atomic E-state index is 0.786. The second kappa shape index (κ2) is 4.73. The zero-order valence-corrected chi connectivity index (χ0v) is 7.68. The minimum atomic E-state index is 0.786. The molecule has 0 aliphatic carbocycles. The average molecular weight is 157 g/mol. The van der Waals surface area contributed by atoms with E-state index in [4.69, 9.17) is 4.74 Å². The van der Waals surface area contributed by atoms with Crippen molar-refractivity contribution in [1.82, 2.24) is 4.90 Å². The molecule has 2 nitrogen and oxygen atoms in total. The summed E-state index contributed by atoms with van der Waals surface area (Å²) in [5, 5.41) is 0. The quantitative estimate of drug-likeness (QED) is 0.613. The maximum atomic E-state index is 5.15. The Labute approximate surface area is 69.5 Å². The largest absolute Gasteiger partial charge is 0.384 e. The first-order valence-electron chi connectivity index (χ1n) is 4.58. The standard InChI is InChI=1S/C9H19NO/c1-3-10-6-4-5-9(7-10)8-11-2/h9H,3-8H2,1-2H3. The number of ether oxygens (including phenoxy) is 1. The highest BCUT2D eigenvalue weighted by molar-refractivity contribution is 4.71. The zero-order chi connectivity index (χ0) is 8.10. The molecule has 0 bridgehead atoms. The molecule has 1 rings (SSSR count). The molecule has 1 aliphatic heterocycles. The van der Waals surface area contributed by atoms with Crippen LogP contribution in [0.4, 0.5) is 0 Å². The highest BCUT2D eigenvalue weighted by Crippen LogP contribution is 2.15. The normalized spacial score (nSPS) is 27.3. The molecule has 1 fully saturated rings. The van der Waals surface area contributed by atoms with Crippen molar-refractivity contribution in [3.63, 3.8) is 0 Å². The molecule has 0 amide bonds. The molecule has 66 valence electrons. The third kappa shape index (κ3) is 2.80. The third-order valence-corrected chi connectivity index (χ3v) is 2.45. The molecule has 2 heteroatoms. The fourth-order valence-electron chi connectivity index (χ4n) is 1.81. The molecule has 0 spiro atoms. The molecule has 11 heavy (non-hydrogen) atoms. The van der Waals surface area contributed by atoms with Gasteiger partial charge < -0.3 is 9.64 Å². The Bertz CT molecular complexity index is 104. The van der Waals surface area contributed by atoms with E-state index in [1.165, 1.54) is 32.5 Å². The van der Waals surface area contributed by atoms with E-state index in [1.54, 1.807) is 7.11 Å². The monoisotopic (exact) mass is 157 g/mol. The molecule has 1 atom stereocenters. The van der Waals surface area contributed by atoms with Crippen molar-refractivity contribution in [2.75, 3.05) is 33.4 Å². The number of hydrogen-bond donors (Lipinski definition) is 0. The van der Waals surface area contributed by atoms with Gasteiger partial charge in [-0.2, -0.15) is 0 Å². The van der Waals surface area contributed by atoms with Gasteiger partial charge in [-0.1, -0.05) is 6.92 Å². The summed E-state index contributed by atoms with van der Waals surface area (Å²) in [7, 11) is 1.80. The van der Waals surface area contributed by atoms with Crippen LogP contribution in [-0.2, 0) is 4.74 Å². The predicted molar refractivity (Wildman–Crippen MR) is 46.7 cm³/mol. The molecule has 0 aromatic heterocycles. The van der Waals surface area contributed by atoms with Crippen molar-refractivity contribution in [2.45, 2.75) is 19.8 Å². The van der Waals surface area contributed by atoms with Gasteiger partial charge in [0.25, 0.3) is 0 Å². The van der Waals surface area contributed by atoms with Crippen molar-refractivity contribution >= 4 is 0 Å². The van der Waals surface area contributed by atoms with Crippen LogP contribution in [-0.4, -0.2) is 38.3 Å². The van der Waals surface area contributed by atoms with E-state index >= 15 is 0 Å². The Morgan fingerprint density at radius 1 is 1.55 bits per heavy atom. The molecule has 0 saturated carbocycles. The zero-order valence-electron chi connectivity index (χ0n) is 7.68. The first-order chi connectivity index (χ1) is 5.36. The lowest BCUT2D eigenvalue weighted by Crippen LogP contribution is -2.36. The van der Waals surface area contributed by atoms with Crippen LogP contribution >= 0.6 is 0 Å². The number of nitrogens with zero attached hydrogens (tertiary/aromatic N) is 1. The van der Waals surface area contributed by atoms with Crippen LogP contribution in [0.5, 0.6) is 0 Å². The maximum Gasteiger partial charge on any atom is 0.0502 e. The number of rotatable bonds is 3. The first kappa shape index (κ1) is 9.01. The number of piperidine rings is 1. The van der Waals surface area contributed by atoms with Crippen molar-refractivity contribution < 1.29 is 4.74 Å². The van der Waals surface area contributed by atoms with E-state index in [1.807, 2.05) is 0 Å². The van der Waals surface area contributed by atoms with Crippen molar-refractivity contribution in [3.8, 4) is 0 Å². The van der Waals surface area contributed by atoms with E-state index in [0.29, 0.717) is 0 Å². The van der Waals surface area contributed by atoms with Gasteiger partial charge in [-0.25, -0.2) is 0 Å². The summed E-state index contributed by atoms with van der Waals surface area (Å²) < 4.78 is 5.15. The molecule has 0 radical (unpaired) electrons. The topological polar surface area (TPSA) is 12.5 Å². The molecule has 1 unspecified atom stereocenters. The van der Waals surface area contributed by atoms with Crippen LogP contribution in [0.1, 0.15) is 19.8 Å². The molecule has 1 heterocycles. The summed E-state index contributed by atoms with van der Waals surface area (Å²) in [5.41, 5.74) is 0. The predicted octanol–water partition coefficient (Wildman–Crippen LogP) is 1.36. The fraction of sp³-hybridized carbons (Fsp3) is 1.00. The van der Waals surface area contributed by atoms with Crippen molar-refractivity contribution in [2.24, 2.45) is 5.92 Å². The highest BCUT2D eigenvalue weighted by atomic mass is 16.5. The van der Waals surface area contributed by atoms with Gasteiger partial charge in [0.1, 0.15) is 0 Å². The SMILES string of the molecule is CCN1CCCC(COC)C1. The Morgan fingerprint density at radius 2 is 2.36 bits per heavy atom. The molecule has 1 aliphatic rings. The van der Waals surface area contributed by atoms with Crippen LogP contribution in [0, 0.1) is 5.92 Å². The van der Waals surface area contributed by atoms with Gasteiger partial charge in [-0.15, -0.1) is 0 Å². The van der Waals surface area contributed by atoms with E-state index in [-0.39, 0.29) is 0 Å². The van der Waals surface area contributed by atoms with E-state index in [2.05, 4.69) is 11.8 Å². The van der Waals surface area contributed by atoms with Gasteiger partial charge in [-0.05, 0) is 31.8 Å². The third-order valence-electron chi connectivity index (χ3n) is 2.45. The minimum Gasteiger partial charge on any atom is -0.384 e. The van der Waals surface area contributed by atoms with Gasteiger partial charge in [-0.3, -0.25) is 0 Å². The smallest absolute Gasteiger partial charge is 0.0502 e. The molecular weight excluding hydrogens is 138 g/mol. The van der Waals surface area contributed by atoms with Crippen LogP contribution < -0.4 is 0 Å². The van der Waals surface area contributed by atoms with Gasteiger partial charge in [0.15, 0.2) is 0 Å². The van der Waals surface area contributed by atoms with Gasteiger partial charge >= 0.3 is 0 Å². The Morgan fingerprint density at radius 3 is 3.00 bits per heavy atom. The summed E-state index contributed by atoms with van der Waals surface area (Å²) in [6.45, 7) is 6.90. The number of methoxy groups -OCH3 is 1. The molecule has 0 aromatic carbocycles. The van der Waals surface area contributed by atoms with E-state index in [0.717, 1.165) is 12.5 Å². The molecule has 0 aromatic rings. The Kier molecular flexibility index (Phi) is 3.87. The lowest BCUT2D eigenvalue weighted by molar-refractivity contribution is 0.0933.